The number of halogens is 1. The minimum atomic E-state index is -0.786. The van der Waals surface area contributed by atoms with Gasteiger partial charge in [0.15, 0.2) is 11.6 Å². The number of nitriles is 1. The second kappa shape index (κ2) is 7.28. The van der Waals surface area contributed by atoms with Crippen molar-refractivity contribution in [1.29, 1.82) is 5.26 Å². The van der Waals surface area contributed by atoms with E-state index in [0.29, 0.717) is 13.0 Å². The Labute approximate surface area is 109 Å². The Hall–Kier alpha value is -2.20. The van der Waals surface area contributed by atoms with Gasteiger partial charge in [0, 0.05) is 12.5 Å². The van der Waals surface area contributed by atoms with Gasteiger partial charge in [-0.05, 0) is 12.6 Å². The number of hydrogen-bond donors (Lipinski definition) is 1. The molecule has 1 atom stereocenters. The Morgan fingerprint density at radius 2 is 2.37 bits per heavy atom. The summed E-state index contributed by atoms with van der Waals surface area (Å²) < 4.78 is 18.6. The average Bonchev–Trinajstić information content (AvgIpc) is 2.39. The number of non-ortho nitro benzene ring substituents is 1. The van der Waals surface area contributed by atoms with E-state index in [-0.39, 0.29) is 24.1 Å². The van der Waals surface area contributed by atoms with Gasteiger partial charge in [-0.25, -0.2) is 4.39 Å². The van der Waals surface area contributed by atoms with E-state index in [1.165, 1.54) is 12.1 Å². The quantitative estimate of drug-likeness (QED) is 0.603. The normalized spacial score (nSPS) is 11.6. The van der Waals surface area contributed by atoms with Crippen LogP contribution in [0.25, 0.3) is 0 Å². The molecule has 0 aliphatic heterocycles. The van der Waals surface area contributed by atoms with Crippen LogP contribution in [0.1, 0.15) is 13.3 Å². The summed E-state index contributed by atoms with van der Waals surface area (Å²) >= 11 is 0. The minimum absolute atomic E-state index is 0.0567. The summed E-state index contributed by atoms with van der Waals surface area (Å²) in [5.41, 5.74) is -0.326. The van der Waals surface area contributed by atoms with Crippen molar-refractivity contribution in [2.75, 3.05) is 13.2 Å². The second-order valence-corrected chi connectivity index (χ2v) is 3.75. The fourth-order valence-electron chi connectivity index (χ4n) is 1.47. The third-order valence-corrected chi connectivity index (χ3v) is 2.40. The standard InChI is InChI=1S/C12H14FN3O3/c1-2-15-9(8-14)5-6-19-12-4-3-10(16(17)18)7-11(12)13/h3-4,7,9,15H,2,5-6H2,1H3. The van der Waals surface area contributed by atoms with Crippen molar-refractivity contribution in [3.8, 4) is 11.8 Å². The maximum absolute atomic E-state index is 13.5. The van der Waals surface area contributed by atoms with Gasteiger partial charge in [-0.15, -0.1) is 0 Å². The number of hydrogen-bond acceptors (Lipinski definition) is 5. The van der Waals surface area contributed by atoms with Gasteiger partial charge in [-0.2, -0.15) is 5.26 Å². The molecule has 0 spiro atoms. The van der Waals surface area contributed by atoms with Crippen LogP contribution in [0.15, 0.2) is 18.2 Å². The number of nitrogens with zero attached hydrogens (tertiary/aromatic N) is 2. The van der Waals surface area contributed by atoms with Gasteiger partial charge >= 0.3 is 0 Å². The van der Waals surface area contributed by atoms with E-state index in [1.54, 1.807) is 0 Å². The van der Waals surface area contributed by atoms with E-state index in [0.717, 1.165) is 6.07 Å². The van der Waals surface area contributed by atoms with Crippen LogP contribution >= 0.6 is 0 Å². The predicted octanol–water partition coefficient (Wildman–Crippen LogP) is 2.00. The van der Waals surface area contributed by atoms with Crippen molar-refractivity contribution in [3.63, 3.8) is 0 Å². The van der Waals surface area contributed by atoms with Gasteiger partial charge in [0.2, 0.25) is 0 Å². The summed E-state index contributed by atoms with van der Waals surface area (Å²) in [6, 6.07) is 4.89. The summed E-state index contributed by atoms with van der Waals surface area (Å²) in [7, 11) is 0. The maximum Gasteiger partial charge on any atom is 0.272 e. The van der Waals surface area contributed by atoms with Crippen molar-refractivity contribution in [3.05, 3.63) is 34.1 Å². The lowest BCUT2D eigenvalue weighted by Crippen LogP contribution is -2.28. The van der Waals surface area contributed by atoms with Gasteiger partial charge < -0.3 is 10.1 Å². The SMILES string of the molecule is CCNC(C#N)CCOc1ccc([N+](=O)[O-])cc1F. The van der Waals surface area contributed by atoms with Crippen molar-refractivity contribution < 1.29 is 14.1 Å². The van der Waals surface area contributed by atoms with E-state index in [2.05, 4.69) is 11.4 Å². The zero-order chi connectivity index (χ0) is 14.3. The molecule has 0 radical (unpaired) electrons. The van der Waals surface area contributed by atoms with E-state index >= 15 is 0 Å². The summed E-state index contributed by atoms with van der Waals surface area (Å²) in [5, 5.41) is 22.2. The third-order valence-electron chi connectivity index (χ3n) is 2.40. The Balaban J connectivity index is 2.54. The molecule has 1 aromatic rings. The van der Waals surface area contributed by atoms with Gasteiger partial charge in [0.25, 0.3) is 5.69 Å². The molecule has 19 heavy (non-hydrogen) atoms. The van der Waals surface area contributed by atoms with Crippen LogP contribution in [0.2, 0.25) is 0 Å². The van der Waals surface area contributed by atoms with Crippen LogP contribution in [-0.4, -0.2) is 24.1 Å². The lowest BCUT2D eigenvalue weighted by molar-refractivity contribution is -0.385. The monoisotopic (exact) mass is 267 g/mol. The maximum atomic E-state index is 13.5. The Bertz CT molecular complexity index is 488. The molecule has 0 aliphatic rings. The molecule has 1 rings (SSSR count). The highest BCUT2D eigenvalue weighted by Gasteiger charge is 2.12. The van der Waals surface area contributed by atoms with E-state index in [4.69, 9.17) is 10.00 Å². The molecule has 1 N–H and O–H groups in total. The highest BCUT2D eigenvalue weighted by Crippen LogP contribution is 2.22. The van der Waals surface area contributed by atoms with Crippen LogP contribution < -0.4 is 10.1 Å². The molecular weight excluding hydrogens is 253 g/mol. The van der Waals surface area contributed by atoms with Crippen molar-refractivity contribution >= 4 is 5.69 Å². The molecule has 0 amide bonds. The highest BCUT2D eigenvalue weighted by molar-refractivity contribution is 5.37. The molecule has 0 aliphatic carbocycles. The summed E-state index contributed by atoms with van der Waals surface area (Å²) in [5.74, 6) is -0.843. The molecular formula is C12H14FN3O3. The molecule has 102 valence electrons. The van der Waals surface area contributed by atoms with Crippen molar-refractivity contribution in [1.82, 2.24) is 5.32 Å². The van der Waals surface area contributed by atoms with Crippen LogP contribution in [0.5, 0.6) is 5.75 Å². The number of nitro benzene ring substituents is 1. The van der Waals surface area contributed by atoms with Crippen LogP contribution in [-0.2, 0) is 0 Å². The third kappa shape index (κ3) is 4.52. The summed E-state index contributed by atoms with van der Waals surface area (Å²) in [4.78, 5) is 9.76. The molecule has 0 saturated carbocycles. The highest BCUT2D eigenvalue weighted by atomic mass is 19.1. The van der Waals surface area contributed by atoms with E-state index in [9.17, 15) is 14.5 Å². The predicted molar refractivity (Wildman–Crippen MR) is 66.2 cm³/mol. The number of ether oxygens (including phenoxy) is 1. The summed E-state index contributed by atoms with van der Waals surface area (Å²) in [6.07, 6.45) is 0.404. The molecule has 0 saturated heterocycles. The number of rotatable bonds is 7. The molecule has 1 unspecified atom stereocenters. The van der Waals surface area contributed by atoms with Gasteiger partial charge in [-0.1, -0.05) is 6.92 Å². The lowest BCUT2D eigenvalue weighted by Gasteiger charge is -2.11. The lowest BCUT2D eigenvalue weighted by atomic mass is 10.2. The minimum Gasteiger partial charge on any atom is -0.490 e. The van der Waals surface area contributed by atoms with Gasteiger partial charge in [-0.3, -0.25) is 10.1 Å². The first kappa shape index (κ1) is 14.9. The molecule has 1 aromatic carbocycles. The van der Waals surface area contributed by atoms with Crippen molar-refractivity contribution in [2.24, 2.45) is 0 Å². The van der Waals surface area contributed by atoms with Gasteiger partial charge in [0.05, 0.1) is 29.7 Å². The van der Waals surface area contributed by atoms with Gasteiger partial charge in [0.1, 0.15) is 0 Å². The molecule has 0 heterocycles. The average molecular weight is 267 g/mol. The molecule has 0 fully saturated rings. The molecule has 0 bridgehead atoms. The second-order valence-electron chi connectivity index (χ2n) is 3.75. The fourth-order valence-corrected chi connectivity index (χ4v) is 1.47. The Morgan fingerprint density at radius 1 is 1.63 bits per heavy atom. The van der Waals surface area contributed by atoms with E-state index < -0.39 is 10.7 Å². The Morgan fingerprint density at radius 3 is 2.89 bits per heavy atom. The zero-order valence-electron chi connectivity index (χ0n) is 10.4. The van der Waals surface area contributed by atoms with Crippen LogP contribution in [0, 0.1) is 27.3 Å². The van der Waals surface area contributed by atoms with Crippen LogP contribution in [0.4, 0.5) is 10.1 Å². The molecule has 6 nitrogen and oxygen atoms in total. The van der Waals surface area contributed by atoms with E-state index in [1.807, 2.05) is 6.92 Å². The number of nitrogens with one attached hydrogen (secondary N) is 1. The van der Waals surface area contributed by atoms with Crippen LogP contribution in [0.3, 0.4) is 0 Å². The Kier molecular flexibility index (Phi) is 5.70. The van der Waals surface area contributed by atoms with Crippen molar-refractivity contribution in [2.45, 2.75) is 19.4 Å². The first-order valence-electron chi connectivity index (χ1n) is 5.78. The molecule has 0 aromatic heterocycles. The summed E-state index contributed by atoms with van der Waals surface area (Å²) in [6.45, 7) is 2.69. The molecule has 7 heteroatoms. The smallest absolute Gasteiger partial charge is 0.272 e. The first-order valence-corrected chi connectivity index (χ1v) is 5.78. The fraction of sp³-hybridized carbons (Fsp3) is 0.417. The number of nitro groups is 1. The zero-order valence-corrected chi connectivity index (χ0v) is 10.4. The first-order chi connectivity index (χ1) is 9.08. The largest absolute Gasteiger partial charge is 0.490 e. The topological polar surface area (TPSA) is 88.2 Å². The number of benzene rings is 1.